The first-order valence-corrected chi connectivity index (χ1v) is 11.7. The molecule has 7 nitrogen and oxygen atoms in total. The fraction of sp³-hybridized carbons (Fsp3) is 0.130. The highest BCUT2D eigenvalue weighted by molar-refractivity contribution is 7.92. The maximum Gasteiger partial charge on any atom is 0.261 e. The molecule has 0 saturated heterocycles. The molecule has 0 saturated carbocycles. The fourth-order valence-electron chi connectivity index (χ4n) is 2.89. The highest BCUT2D eigenvalue weighted by Gasteiger charge is 2.18. The summed E-state index contributed by atoms with van der Waals surface area (Å²) in [7, 11) is -3.79. The van der Waals surface area contributed by atoms with Crippen molar-refractivity contribution in [3.8, 4) is 0 Å². The summed E-state index contributed by atoms with van der Waals surface area (Å²) < 4.78 is 27.4. The van der Waals surface area contributed by atoms with Crippen molar-refractivity contribution in [1.82, 2.24) is 5.32 Å². The first kappa shape index (κ1) is 23.3. The van der Waals surface area contributed by atoms with Crippen molar-refractivity contribution >= 4 is 44.8 Å². The summed E-state index contributed by atoms with van der Waals surface area (Å²) in [6.07, 6.45) is 0.788. The normalized spacial score (nSPS) is 10.9. The summed E-state index contributed by atoms with van der Waals surface area (Å²) >= 11 is 6.26. The second-order valence-corrected chi connectivity index (χ2v) is 8.96. The molecule has 0 heterocycles. The van der Waals surface area contributed by atoms with Crippen LogP contribution >= 0.6 is 11.6 Å². The Labute approximate surface area is 191 Å². The average molecular weight is 472 g/mol. The van der Waals surface area contributed by atoms with Crippen LogP contribution in [0.5, 0.6) is 0 Å². The zero-order valence-corrected chi connectivity index (χ0v) is 18.8. The summed E-state index contributed by atoms with van der Waals surface area (Å²) in [5, 5.41) is 5.53. The molecular formula is C23H22ClN3O4S. The van der Waals surface area contributed by atoms with Crippen LogP contribution in [0.15, 0.2) is 77.7 Å². The van der Waals surface area contributed by atoms with Crippen LogP contribution in [-0.2, 0) is 10.0 Å². The quantitative estimate of drug-likeness (QED) is 0.448. The Hall–Kier alpha value is -3.36. The molecule has 3 rings (SSSR count). The summed E-state index contributed by atoms with van der Waals surface area (Å²) in [6, 6.07) is 18.8. The Morgan fingerprint density at radius 2 is 1.56 bits per heavy atom. The van der Waals surface area contributed by atoms with Crippen LogP contribution in [0.4, 0.5) is 11.4 Å². The molecule has 3 aromatic carbocycles. The highest BCUT2D eigenvalue weighted by atomic mass is 35.5. The van der Waals surface area contributed by atoms with Crippen molar-refractivity contribution in [2.45, 2.75) is 18.2 Å². The highest BCUT2D eigenvalue weighted by Crippen LogP contribution is 2.25. The Kier molecular flexibility index (Phi) is 7.50. The van der Waals surface area contributed by atoms with Gasteiger partial charge >= 0.3 is 0 Å². The van der Waals surface area contributed by atoms with Gasteiger partial charge in [-0.2, -0.15) is 0 Å². The lowest BCUT2D eigenvalue weighted by Gasteiger charge is -2.13. The number of carbonyl (C=O) groups is 2. The predicted molar refractivity (Wildman–Crippen MR) is 126 cm³/mol. The third kappa shape index (κ3) is 5.66. The molecular weight excluding hydrogens is 450 g/mol. The van der Waals surface area contributed by atoms with E-state index in [1.165, 1.54) is 30.3 Å². The average Bonchev–Trinajstić information content (AvgIpc) is 2.78. The molecule has 0 radical (unpaired) electrons. The molecule has 0 bridgehead atoms. The lowest BCUT2D eigenvalue weighted by molar-refractivity contribution is 0.0954. The largest absolute Gasteiger partial charge is 0.352 e. The van der Waals surface area contributed by atoms with Crippen LogP contribution in [0.2, 0.25) is 5.02 Å². The summed E-state index contributed by atoms with van der Waals surface area (Å²) in [4.78, 5) is 25.2. The number of amides is 2. The molecule has 0 aromatic heterocycles. The van der Waals surface area contributed by atoms with E-state index in [-0.39, 0.29) is 27.1 Å². The second-order valence-electron chi connectivity index (χ2n) is 6.87. The van der Waals surface area contributed by atoms with Crippen molar-refractivity contribution in [2.75, 3.05) is 16.6 Å². The van der Waals surface area contributed by atoms with E-state index in [1.54, 1.807) is 42.5 Å². The number of hydrogen-bond donors (Lipinski definition) is 3. The third-order valence-electron chi connectivity index (χ3n) is 4.47. The number of sulfonamides is 1. The summed E-state index contributed by atoms with van der Waals surface area (Å²) in [5.41, 5.74) is 1.03. The molecule has 0 aliphatic carbocycles. The van der Waals surface area contributed by atoms with Crippen LogP contribution < -0.4 is 15.4 Å². The standard InChI is InChI=1S/C23H22ClN3O4S/c1-2-14-25-22(28)19-10-6-7-11-21(19)26-23(29)18-13-12-16(15-20(18)24)27-32(30,31)17-8-4-3-5-9-17/h3-13,15,27H,2,14H2,1H3,(H,25,28)(H,26,29). The third-order valence-corrected chi connectivity index (χ3v) is 6.18. The first-order valence-electron chi connectivity index (χ1n) is 9.88. The van der Waals surface area contributed by atoms with Gasteiger partial charge in [-0.3, -0.25) is 14.3 Å². The Bertz CT molecular complexity index is 1230. The Morgan fingerprint density at radius 1 is 0.875 bits per heavy atom. The van der Waals surface area contributed by atoms with E-state index in [9.17, 15) is 18.0 Å². The number of halogens is 1. The van der Waals surface area contributed by atoms with E-state index in [2.05, 4.69) is 15.4 Å². The van der Waals surface area contributed by atoms with E-state index in [0.717, 1.165) is 6.42 Å². The van der Waals surface area contributed by atoms with E-state index in [4.69, 9.17) is 11.6 Å². The van der Waals surface area contributed by atoms with Crippen molar-refractivity contribution in [2.24, 2.45) is 0 Å². The van der Waals surface area contributed by atoms with Gasteiger partial charge in [0.25, 0.3) is 21.8 Å². The van der Waals surface area contributed by atoms with Crippen LogP contribution in [0, 0.1) is 0 Å². The minimum atomic E-state index is -3.79. The molecule has 0 atom stereocenters. The van der Waals surface area contributed by atoms with Crippen molar-refractivity contribution in [3.05, 3.63) is 88.9 Å². The SMILES string of the molecule is CCCNC(=O)c1ccccc1NC(=O)c1ccc(NS(=O)(=O)c2ccccc2)cc1Cl. The Morgan fingerprint density at radius 3 is 2.25 bits per heavy atom. The van der Waals surface area contributed by atoms with Crippen molar-refractivity contribution in [1.29, 1.82) is 0 Å². The second kappa shape index (κ2) is 10.3. The van der Waals surface area contributed by atoms with Crippen LogP contribution in [0.25, 0.3) is 0 Å². The van der Waals surface area contributed by atoms with Crippen molar-refractivity contribution < 1.29 is 18.0 Å². The van der Waals surface area contributed by atoms with E-state index in [1.807, 2.05) is 6.92 Å². The molecule has 0 spiro atoms. The number of para-hydroxylation sites is 1. The van der Waals surface area contributed by atoms with Gasteiger partial charge in [-0.05, 0) is 48.9 Å². The Balaban J connectivity index is 1.78. The summed E-state index contributed by atoms with van der Waals surface area (Å²) in [6.45, 7) is 2.47. The van der Waals surface area contributed by atoms with Gasteiger partial charge in [-0.15, -0.1) is 0 Å². The number of hydrogen-bond acceptors (Lipinski definition) is 4. The predicted octanol–water partition coefficient (Wildman–Crippen LogP) is 4.53. The number of rotatable bonds is 8. The van der Waals surface area contributed by atoms with Gasteiger partial charge in [0.2, 0.25) is 0 Å². The zero-order valence-electron chi connectivity index (χ0n) is 17.3. The van der Waals surface area contributed by atoms with Gasteiger partial charge in [-0.25, -0.2) is 8.42 Å². The number of nitrogens with one attached hydrogen (secondary N) is 3. The minimum absolute atomic E-state index is 0.0590. The van der Waals surface area contributed by atoms with Crippen LogP contribution in [0.1, 0.15) is 34.1 Å². The smallest absolute Gasteiger partial charge is 0.261 e. The van der Waals surface area contributed by atoms with Crippen LogP contribution in [-0.4, -0.2) is 26.8 Å². The minimum Gasteiger partial charge on any atom is -0.352 e. The number of anilines is 2. The van der Waals surface area contributed by atoms with Gasteiger partial charge in [-0.1, -0.05) is 48.9 Å². The number of carbonyl (C=O) groups excluding carboxylic acids is 2. The van der Waals surface area contributed by atoms with Gasteiger partial charge in [0.15, 0.2) is 0 Å². The molecule has 9 heteroatoms. The van der Waals surface area contributed by atoms with Gasteiger partial charge in [0, 0.05) is 6.54 Å². The molecule has 3 N–H and O–H groups in total. The van der Waals surface area contributed by atoms with E-state index >= 15 is 0 Å². The lowest BCUT2D eigenvalue weighted by Crippen LogP contribution is -2.25. The van der Waals surface area contributed by atoms with E-state index < -0.39 is 15.9 Å². The first-order chi connectivity index (χ1) is 15.3. The lowest BCUT2D eigenvalue weighted by atomic mass is 10.1. The van der Waals surface area contributed by atoms with Gasteiger partial charge in [0.05, 0.1) is 32.4 Å². The summed E-state index contributed by atoms with van der Waals surface area (Å²) in [5.74, 6) is -0.817. The molecule has 32 heavy (non-hydrogen) atoms. The molecule has 0 unspecified atom stereocenters. The van der Waals surface area contributed by atoms with E-state index in [0.29, 0.717) is 17.8 Å². The van der Waals surface area contributed by atoms with Gasteiger partial charge in [0.1, 0.15) is 0 Å². The molecule has 3 aromatic rings. The zero-order chi connectivity index (χ0) is 23.1. The molecule has 2 amide bonds. The van der Waals surface area contributed by atoms with Crippen LogP contribution in [0.3, 0.4) is 0 Å². The van der Waals surface area contributed by atoms with Crippen molar-refractivity contribution in [3.63, 3.8) is 0 Å². The van der Waals surface area contributed by atoms with Gasteiger partial charge < -0.3 is 10.6 Å². The number of benzene rings is 3. The molecule has 166 valence electrons. The molecule has 0 fully saturated rings. The monoisotopic (exact) mass is 471 g/mol. The topological polar surface area (TPSA) is 104 Å². The molecule has 0 aliphatic heterocycles. The fourth-order valence-corrected chi connectivity index (χ4v) is 4.23. The maximum atomic E-state index is 12.8. The maximum absolute atomic E-state index is 12.8. The molecule has 0 aliphatic rings.